The van der Waals surface area contributed by atoms with E-state index < -0.39 is 5.95 Å². The highest BCUT2D eigenvalue weighted by molar-refractivity contribution is 6.06. The first-order valence-corrected chi connectivity index (χ1v) is 6.56. The number of aromatic nitrogens is 2. The second-order valence-corrected chi connectivity index (χ2v) is 4.96. The molecule has 0 fully saturated rings. The maximum absolute atomic E-state index is 12.7. The van der Waals surface area contributed by atoms with Crippen molar-refractivity contribution in [3.63, 3.8) is 0 Å². The van der Waals surface area contributed by atoms with Gasteiger partial charge < -0.3 is 10.3 Å². The van der Waals surface area contributed by atoms with Crippen LogP contribution in [-0.2, 0) is 0 Å². The molecule has 2 aromatic heterocycles. The third kappa shape index (κ3) is 2.50. The van der Waals surface area contributed by atoms with Crippen LogP contribution < -0.4 is 5.32 Å². The van der Waals surface area contributed by atoms with Gasteiger partial charge in [-0.25, -0.2) is 4.98 Å². The number of nitrogens with one attached hydrogen (secondary N) is 2. The topological polar surface area (TPSA) is 57.8 Å². The predicted octanol–water partition coefficient (Wildman–Crippen LogP) is 3.57. The summed E-state index contributed by atoms with van der Waals surface area (Å²) < 4.78 is 12.7. The molecule has 0 aliphatic carbocycles. The second kappa shape index (κ2) is 5.01. The summed E-state index contributed by atoms with van der Waals surface area (Å²) >= 11 is 0. The lowest BCUT2D eigenvalue weighted by Crippen LogP contribution is -2.12. The van der Waals surface area contributed by atoms with Crippen LogP contribution in [0.2, 0.25) is 0 Å². The Morgan fingerprint density at radius 2 is 2.05 bits per heavy atom. The summed E-state index contributed by atoms with van der Waals surface area (Å²) in [7, 11) is 0. The Morgan fingerprint density at radius 3 is 2.76 bits per heavy atom. The van der Waals surface area contributed by atoms with E-state index in [1.54, 1.807) is 6.07 Å². The van der Waals surface area contributed by atoms with Crippen molar-refractivity contribution in [2.45, 2.75) is 13.8 Å². The maximum atomic E-state index is 12.7. The number of aryl methyl sites for hydroxylation is 2. The van der Waals surface area contributed by atoms with Gasteiger partial charge in [-0.3, -0.25) is 4.79 Å². The van der Waals surface area contributed by atoms with E-state index in [-0.39, 0.29) is 5.91 Å². The van der Waals surface area contributed by atoms with Crippen LogP contribution >= 0.6 is 0 Å². The number of halogens is 1. The minimum atomic E-state index is -0.576. The highest BCUT2D eigenvalue weighted by atomic mass is 19.1. The molecule has 0 aliphatic heterocycles. The highest BCUT2D eigenvalue weighted by Gasteiger charge is 2.10. The number of pyridine rings is 1. The smallest absolute Gasteiger partial charge is 0.255 e. The molecule has 0 aliphatic rings. The molecule has 0 unspecified atom stereocenters. The second-order valence-electron chi connectivity index (χ2n) is 4.96. The fraction of sp³-hybridized carbons (Fsp3) is 0.125. The normalized spacial score (nSPS) is 10.8. The zero-order valence-electron chi connectivity index (χ0n) is 11.7. The first-order chi connectivity index (χ1) is 10.0. The highest BCUT2D eigenvalue weighted by Crippen LogP contribution is 2.22. The molecule has 0 spiro atoms. The van der Waals surface area contributed by atoms with Gasteiger partial charge >= 0.3 is 0 Å². The molecule has 0 atom stereocenters. The van der Waals surface area contributed by atoms with Crippen LogP contribution in [0.3, 0.4) is 0 Å². The third-order valence-corrected chi connectivity index (χ3v) is 3.56. The van der Waals surface area contributed by atoms with E-state index in [2.05, 4.69) is 15.3 Å². The summed E-state index contributed by atoms with van der Waals surface area (Å²) in [6.07, 6.45) is 1.29. The molecular weight excluding hydrogens is 269 g/mol. The molecular formula is C16H14FN3O. The number of carbonyl (C=O) groups excluding carboxylic acids is 1. The van der Waals surface area contributed by atoms with E-state index in [4.69, 9.17) is 0 Å². The van der Waals surface area contributed by atoms with Crippen LogP contribution in [0.1, 0.15) is 21.6 Å². The molecule has 3 aromatic rings. The van der Waals surface area contributed by atoms with Gasteiger partial charge in [0.05, 0.1) is 11.9 Å². The lowest BCUT2D eigenvalue weighted by atomic mass is 10.1. The fourth-order valence-corrected chi connectivity index (χ4v) is 2.26. The fourth-order valence-electron chi connectivity index (χ4n) is 2.26. The van der Waals surface area contributed by atoms with E-state index in [9.17, 15) is 9.18 Å². The van der Waals surface area contributed by atoms with Gasteiger partial charge in [0.1, 0.15) is 0 Å². The summed E-state index contributed by atoms with van der Waals surface area (Å²) in [5.74, 6) is -0.823. The Hall–Kier alpha value is -2.69. The zero-order chi connectivity index (χ0) is 15.0. The number of rotatable bonds is 2. The quantitative estimate of drug-likeness (QED) is 0.706. The van der Waals surface area contributed by atoms with Crippen LogP contribution in [-0.4, -0.2) is 15.9 Å². The van der Waals surface area contributed by atoms with Gasteiger partial charge in [-0.05, 0) is 49.7 Å². The van der Waals surface area contributed by atoms with Gasteiger partial charge in [0.15, 0.2) is 0 Å². The number of anilines is 1. The summed E-state index contributed by atoms with van der Waals surface area (Å²) in [6, 6.07) is 8.17. The number of amides is 1. The molecule has 2 heterocycles. The summed E-state index contributed by atoms with van der Waals surface area (Å²) in [4.78, 5) is 19.0. The van der Waals surface area contributed by atoms with Gasteiger partial charge in [0, 0.05) is 22.2 Å². The van der Waals surface area contributed by atoms with Crippen LogP contribution in [0.25, 0.3) is 10.9 Å². The molecule has 0 saturated carbocycles. The van der Waals surface area contributed by atoms with Gasteiger partial charge in [-0.1, -0.05) is 0 Å². The number of aromatic amines is 1. The van der Waals surface area contributed by atoms with Crippen molar-refractivity contribution in [1.29, 1.82) is 0 Å². The van der Waals surface area contributed by atoms with Crippen molar-refractivity contribution in [2.24, 2.45) is 0 Å². The zero-order valence-corrected chi connectivity index (χ0v) is 11.7. The Bertz CT molecular complexity index is 821. The largest absolute Gasteiger partial charge is 0.358 e. The van der Waals surface area contributed by atoms with Crippen molar-refractivity contribution in [1.82, 2.24) is 9.97 Å². The first kappa shape index (κ1) is 13.3. The van der Waals surface area contributed by atoms with Crippen molar-refractivity contribution in [3.05, 3.63) is 59.3 Å². The molecule has 0 bridgehead atoms. The molecule has 106 valence electrons. The average molecular weight is 283 g/mol. The van der Waals surface area contributed by atoms with Crippen molar-refractivity contribution in [2.75, 3.05) is 5.32 Å². The third-order valence-electron chi connectivity index (χ3n) is 3.56. The van der Waals surface area contributed by atoms with Crippen LogP contribution in [0.4, 0.5) is 10.1 Å². The number of hydrogen-bond acceptors (Lipinski definition) is 2. The molecule has 3 rings (SSSR count). The molecule has 1 amide bonds. The van der Waals surface area contributed by atoms with E-state index >= 15 is 0 Å². The molecule has 0 radical (unpaired) electrons. The van der Waals surface area contributed by atoms with E-state index in [1.165, 1.54) is 18.3 Å². The molecule has 4 nitrogen and oxygen atoms in total. The summed E-state index contributed by atoms with van der Waals surface area (Å²) in [6.45, 7) is 4.01. The number of benzene rings is 1. The van der Waals surface area contributed by atoms with Gasteiger partial charge in [-0.15, -0.1) is 0 Å². The molecule has 21 heavy (non-hydrogen) atoms. The monoisotopic (exact) mass is 283 g/mol. The van der Waals surface area contributed by atoms with Crippen LogP contribution in [0.5, 0.6) is 0 Å². The standard InChI is InChI=1S/C16H14FN3O/c1-9-10(2)19-14-5-3-11(7-13(9)14)16(21)20-12-4-6-15(17)18-8-12/h3-8,19H,1-2H3,(H,20,21). The predicted molar refractivity (Wildman–Crippen MR) is 79.9 cm³/mol. The minimum Gasteiger partial charge on any atom is -0.358 e. The molecule has 1 aromatic carbocycles. The minimum absolute atomic E-state index is 0.247. The Balaban J connectivity index is 1.90. The Kier molecular flexibility index (Phi) is 3.17. The number of nitrogens with zero attached hydrogens (tertiary/aromatic N) is 1. The Morgan fingerprint density at radius 1 is 1.24 bits per heavy atom. The van der Waals surface area contributed by atoms with Crippen LogP contribution in [0.15, 0.2) is 36.5 Å². The maximum Gasteiger partial charge on any atom is 0.255 e. The summed E-state index contributed by atoms with van der Waals surface area (Å²) in [5.41, 5.74) is 4.23. The van der Waals surface area contributed by atoms with Crippen LogP contribution in [0, 0.1) is 19.8 Å². The van der Waals surface area contributed by atoms with E-state index in [0.29, 0.717) is 11.3 Å². The van der Waals surface area contributed by atoms with Crippen molar-refractivity contribution in [3.8, 4) is 0 Å². The van der Waals surface area contributed by atoms with Crippen molar-refractivity contribution >= 4 is 22.5 Å². The lowest BCUT2D eigenvalue weighted by Gasteiger charge is -2.05. The number of carbonyl (C=O) groups is 1. The lowest BCUT2D eigenvalue weighted by molar-refractivity contribution is 0.102. The number of fused-ring (bicyclic) bond motifs is 1. The number of H-pyrrole nitrogens is 1. The Labute approximate surface area is 121 Å². The van der Waals surface area contributed by atoms with Gasteiger partial charge in [0.25, 0.3) is 5.91 Å². The van der Waals surface area contributed by atoms with E-state index in [1.807, 2.05) is 26.0 Å². The van der Waals surface area contributed by atoms with Crippen molar-refractivity contribution < 1.29 is 9.18 Å². The SMILES string of the molecule is Cc1[nH]c2ccc(C(=O)Nc3ccc(F)nc3)cc2c1C. The van der Waals surface area contributed by atoms with Gasteiger partial charge in [0.2, 0.25) is 5.95 Å². The van der Waals surface area contributed by atoms with E-state index in [0.717, 1.165) is 22.2 Å². The summed E-state index contributed by atoms with van der Waals surface area (Å²) in [5, 5.41) is 3.72. The molecule has 5 heteroatoms. The molecule has 0 saturated heterocycles. The molecule has 2 N–H and O–H groups in total. The average Bonchev–Trinajstić information content (AvgIpc) is 2.76. The van der Waals surface area contributed by atoms with Gasteiger partial charge in [-0.2, -0.15) is 4.39 Å². The first-order valence-electron chi connectivity index (χ1n) is 6.56. The number of hydrogen-bond donors (Lipinski definition) is 2.